The van der Waals surface area contributed by atoms with E-state index in [1.807, 2.05) is 25.7 Å². The predicted molar refractivity (Wildman–Crippen MR) is 101 cm³/mol. The van der Waals surface area contributed by atoms with Crippen LogP contribution in [0.15, 0.2) is 30.3 Å². The lowest BCUT2D eigenvalue weighted by atomic mass is 10.2. The molecule has 7 nitrogen and oxygen atoms in total. The van der Waals surface area contributed by atoms with Crippen molar-refractivity contribution in [1.82, 2.24) is 9.97 Å². The number of aryl methyl sites for hydroxylation is 1. The number of esters is 1. The lowest BCUT2D eigenvalue weighted by molar-refractivity contribution is 0.0526. The first-order chi connectivity index (χ1) is 12.5. The van der Waals surface area contributed by atoms with Crippen molar-refractivity contribution in [1.29, 1.82) is 0 Å². The molecule has 2 rings (SSSR count). The maximum atomic E-state index is 12.5. The van der Waals surface area contributed by atoms with Gasteiger partial charge >= 0.3 is 5.97 Å². The second kappa shape index (κ2) is 8.94. The fraction of sp³-hybridized carbons (Fsp3) is 0.368. The van der Waals surface area contributed by atoms with Crippen LogP contribution in [0.25, 0.3) is 0 Å². The number of amides is 1. The highest BCUT2D eigenvalue weighted by Crippen LogP contribution is 2.14. The summed E-state index contributed by atoms with van der Waals surface area (Å²) < 4.78 is 4.94. The second-order valence-electron chi connectivity index (χ2n) is 5.62. The van der Waals surface area contributed by atoms with Crippen LogP contribution in [0.1, 0.15) is 47.3 Å². The van der Waals surface area contributed by atoms with Crippen LogP contribution in [0, 0.1) is 6.92 Å². The van der Waals surface area contributed by atoms with E-state index in [0.717, 1.165) is 18.8 Å². The summed E-state index contributed by atoms with van der Waals surface area (Å²) in [6.45, 7) is 9.45. The van der Waals surface area contributed by atoms with Crippen molar-refractivity contribution < 1.29 is 14.3 Å². The summed E-state index contributed by atoms with van der Waals surface area (Å²) >= 11 is 0. The third-order valence-corrected chi connectivity index (χ3v) is 3.78. The topological polar surface area (TPSA) is 84.4 Å². The van der Waals surface area contributed by atoms with Crippen LogP contribution in [0.4, 0.5) is 11.6 Å². The van der Waals surface area contributed by atoms with Gasteiger partial charge in [-0.2, -0.15) is 0 Å². The highest BCUT2D eigenvalue weighted by atomic mass is 16.5. The monoisotopic (exact) mass is 356 g/mol. The molecule has 1 N–H and O–H groups in total. The Morgan fingerprint density at radius 1 is 1.08 bits per heavy atom. The van der Waals surface area contributed by atoms with Crippen LogP contribution in [0.3, 0.4) is 0 Å². The molecule has 1 aromatic heterocycles. The number of hydrogen-bond donors (Lipinski definition) is 1. The van der Waals surface area contributed by atoms with Gasteiger partial charge in [-0.25, -0.2) is 14.8 Å². The molecule has 0 bridgehead atoms. The number of rotatable bonds is 7. The first-order valence-electron chi connectivity index (χ1n) is 8.67. The SMILES string of the molecule is CCOC(=O)c1ccc(NC(=O)c2cc(C)nc(N(CC)CC)n2)cc1. The van der Waals surface area contributed by atoms with E-state index in [9.17, 15) is 9.59 Å². The standard InChI is InChI=1S/C19H24N4O3/c1-5-23(6-2)19-20-13(4)12-16(22-19)17(24)21-15-10-8-14(9-11-15)18(25)26-7-3/h8-12H,5-7H2,1-4H3,(H,21,24). The highest BCUT2D eigenvalue weighted by Gasteiger charge is 2.14. The molecule has 0 saturated heterocycles. The summed E-state index contributed by atoms with van der Waals surface area (Å²) in [7, 11) is 0. The zero-order valence-corrected chi connectivity index (χ0v) is 15.6. The Balaban J connectivity index is 2.16. The number of carbonyl (C=O) groups is 2. The molecule has 0 saturated carbocycles. The average molecular weight is 356 g/mol. The molecule has 0 radical (unpaired) electrons. The fourth-order valence-corrected chi connectivity index (χ4v) is 2.42. The van der Waals surface area contributed by atoms with E-state index < -0.39 is 0 Å². The Bertz CT molecular complexity index is 771. The molecular formula is C19H24N4O3. The first kappa shape index (κ1) is 19.4. The van der Waals surface area contributed by atoms with Gasteiger partial charge in [0.05, 0.1) is 12.2 Å². The van der Waals surface area contributed by atoms with Crippen LogP contribution in [-0.4, -0.2) is 41.5 Å². The van der Waals surface area contributed by atoms with Crippen molar-refractivity contribution in [3.05, 3.63) is 47.3 Å². The van der Waals surface area contributed by atoms with Crippen molar-refractivity contribution in [3.8, 4) is 0 Å². The molecule has 138 valence electrons. The number of ether oxygens (including phenoxy) is 1. The van der Waals surface area contributed by atoms with Crippen LogP contribution in [0.5, 0.6) is 0 Å². The molecule has 0 aliphatic heterocycles. The summed E-state index contributed by atoms with van der Waals surface area (Å²) in [6.07, 6.45) is 0. The molecule has 1 aromatic carbocycles. The maximum Gasteiger partial charge on any atom is 0.338 e. The maximum absolute atomic E-state index is 12.5. The van der Waals surface area contributed by atoms with Gasteiger partial charge in [-0.15, -0.1) is 0 Å². The van der Waals surface area contributed by atoms with Gasteiger partial charge in [-0.1, -0.05) is 0 Å². The molecule has 0 atom stereocenters. The van der Waals surface area contributed by atoms with E-state index >= 15 is 0 Å². The van der Waals surface area contributed by atoms with E-state index in [0.29, 0.717) is 29.5 Å². The van der Waals surface area contributed by atoms with E-state index in [2.05, 4.69) is 15.3 Å². The van der Waals surface area contributed by atoms with Crippen molar-refractivity contribution in [2.45, 2.75) is 27.7 Å². The van der Waals surface area contributed by atoms with Gasteiger partial charge in [-0.3, -0.25) is 4.79 Å². The fourth-order valence-electron chi connectivity index (χ4n) is 2.42. The average Bonchev–Trinajstić information content (AvgIpc) is 2.63. The van der Waals surface area contributed by atoms with Crippen LogP contribution in [-0.2, 0) is 4.74 Å². The van der Waals surface area contributed by atoms with Crippen LogP contribution >= 0.6 is 0 Å². The quantitative estimate of drug-likeness (QED) is 0.768. The lowest BCUT2D eigenvalue weighted by Gasteiger charge is -2.19. The van der Waals surface area contributed by atoms with E-state index in [-0.39, 0.29) is 11.9 Å². The number of nitrogens with zero attached hydrogens (tertiary/aromatic N) is 3. The Morgan fingerprint density at radius 2 is 1.73 bits per heavy atom. The Hall–Kier alpha value is -2.96. The predicted octanol–water partition coefficient (Wildman–Crippen LogP) is 3.06. The number of anilines is 2. The van der Waals surface area contributed by atoms with Gasteiger partial charge in [-0.05, 0) is 58.0 Å². The van der Waals surface area contributed by atoms with Gasteiger partial charge in [0.25, 0.3) is 5.91 Å². The van der Waals surface area contributed by atoms with Crippen molar-refractivity contribution in [2.24, 2.45) is 0 Å². The summed E-state index contributed by atoms with van der Waals surface area (Å²) in [5.41, 5.74) is 2.04. The number of nitrogens with one attached hydrogen (secondary N) is 1. The minimum atomic E-state index is -0.388. The lowest BCUT2D eigenvalue weighted by Crippen LogP contribution is -2.26. The van der Waals surface area contributed by atoms with E-state index in [1.54, 1.807) is 37.3 Å². The molecule has 0 unspecified atom stereocenters. The molecule has 7 heteroatoms. The van der Waals surface area contributed by atoms with Gasteiger partial charge in [0.1, 0.15) is 5.69 Å². The molecule has 1 amide bonds. The largest absolute Gasteiger partial charge is 0.462 e. The number of carbonyl (C=O) groups excluding carboxylic acids is 2. The Morgan fingerprint density at radius 3 is 2.31 bits per heavy atom. The van der Waals surface area contributed by atoms with Crippen molar-refractivity contribution >= 4 is 23.5 Å². The summed E-state index contributed by atoms with van der Waals surface area (Å²) in [5.74, 6) is -0.175. The molecule has 26 heavy (non-hydrogen) atoms. The number of hydrogen-bond acceptors (Lipinski definition) is 6. The third kappa shape index (κ3) is 4.78. The molecule has 1 heterocycles. The van der Waals surface area contributed by atoms with E-state index in [1.165, 1.54) is 0 Å². The molecule has 0 fully saturated rings. The highest BCUT2D eigenvalue weighted by molar-refractivity contribution is 6.03. The van der Waals surface area contributed by atoms with Gasteiger partial charge in [0, 0.05) is 24.5 Å². The summed E-state index contributed by atoms with van der Waals surface area (Å²) in [4.78, 5) is 34.9. The second-order valence-corrected chi connectivity index (χ2v) is 5.62. The van der Waals surface area contributed by atoms with E-state index in [4.69, 9.17) is 4.74 Å². The van der Waals surface area contributed by atoms with Crippen LogP contribution < -0.4 is 10.2 Å². The molecule has 0 aliphatic carbocycles. The number of aromatic nitrogens is 2. The minimum Gasteiger partial charge on any atom is -0.462 e. The number of benzene rings is 1. The molecule has 2 aromatic rings. The first-order valence-corrected chi connectivity index (χ1v) is 8.67. The van der Waals surface area contributed by atoms with Gasteiger partial charge < -0.3 is 15.0 Å². The summed E-state index contributed by atoms with van der Waals surface area (Å²) in [5, 5.41) is 2.79. The van der Waals surface area contributed by atoms with Crippen LogP contribution in [0.2, 0.25) is 0 Å². The Labute approximate surface area is 153 Å². The zero-order chi connectivity index (χ0) is 19.1. The molecule has 0 aliphatic rings. The normalized spacial score (nSPS) is 10.3. The summed E-state index contributed by atoms with van der Waals surface area (Å²) in [6, 6.07) is 8.18. The zero-order valence-electron chi connectivity index (χ0n) is 15.6. The van der Waals surface area contributed by atoms with Gasteiger partial charge in [0.2, 0.25) is 5.95 Å². The minimum absolute atomic E-state index is 0.300. The van der Waals surface area contributed by atoms with Gasteiger partial charge in [0.15, 0.2) is 0 Å². The molecular weight excluding hydrogens is 332 g/mol. The smallest absolute Gasteiger partial charge is 0.338 e. The Kier molecular flexibility index (Phi) is 6.66. The third-order valence-electron chi connectivity index (χ3n) is 3.78. The van der Waals surface area contributed by atoms with Crippen molar-refractivity contribution in [3.63, 3.8) is 0 Å². The molecule has 0 spiro atoms. The van der Waals surface area contributed by atoms with Crippen molar-refractivity contribution in [2.75, 3.05) is 29.9 Å².